The Bertz CT molecular complexity index is 752. The summed E-state index contributed by atoms with van der Waals surface area (Å²) >= 11 is 0. The Morgan fingerprint density at radius 1 is 1.29 bits per heavy atom. The predicted octanol–water partition coefficient (Wildman–Crippen LogP) is -0.0797. The van der Waals surface area contributed by atoms with Crippen molar-refractivity contribution in [3.8, 4) is 0 Å². The fourth-order valence-electron chi connectivity index (χ4n) is 4.45. The van der Waals surface area contributed by atoms with Crippen molar-refractivity contribution in [1.29, 1.82) is 0 Å². The number of Topliss-reactive ketones (excluding diaryl/α,β-unsaturated/α-hetero) is 2. The summed E-state index contributed by atoms with van der Waals surface area (Å²) < 4.78 is 11.1. The standard InChI is InChI=1S/C17H20N2O5/c1-7-8(2)15(22)13-12(14(7)21)10(6-24-9(3)20)17(23-4)16-11(18-16)5-19(13)17/h10-11,16,18H,5-6H2,1-4H3/t10-,11+,16+,17-/m1/s1. The van der Waals surface area contributed by atoms with E-state index in [2.05, 4.69) is 5.32 Å². The van der Waals surface area contributed by atoms with Crippen molar-refractivity contribution >= 4 is 17.5 Å². The van der Waals surface area contributed by atoms with Crippen LogP contribution < -0.4 is 5.32 Å². The van der Waals surface area contributed by atoms with Gasteiger partial charge in [-0.1, -0.05) is 0 Å². The van der Waals surface area contributed by atoms with Gasteiger partial charge in [0.05, 0.1) is 17.7 Å². The van der Waals surface area contributed by atoms with Gasteiger partial charge in [-0.15, -0.1) is 0 Å². The second-order valence-corrected chi connectivity index (χ2v) is 6.84. The van der Waals surface area contributed by atoms with E-state index in [1.165, 1.54) is 6.92 Å². The zero-order valence-electron chi connectivity index (χ0n) is 14.1. The van der Waals surface area contributed by atoms with Crippen LogP contribution in [0.25, 0.3) is 0 Å². The number of nitrogens with zero attached hydrogens (tertiary/aromatic N) is 1. The molecule has 0 unspecified atom stereocenters. The Labute approximate surface area is 139 Å². The van der Waals surface area contributed by atoms with Crippen LogP contribution in [0.3, 0.4) is 0 Å². The van der Waals surface area contributed by atoms with Crippen molar-refractivity contribution in [1.82, 2.24) is 10.2 Å². The minimum absolute atomic E-state index is 0.0226. The number of hydrogen-bond donors (Lipinski definition) is 1. The van der Waals surface area contributed by atoms with Gasteiger partial charge in [0.2, 0.25) is 5.78 Å². The van der Waals surface area contributed by atoms with E-state index in [4.69, 9.17) is 9.47 Å². The molecule has 3 heterocycles. The Morgan fingerprint density at radius 2 is 1.96 bits per heavy atom. The smallest absolute Gasteiger partial charge is 0.302 e. The number of carbonyl (C=O) groups is 3. The van der Waals surface area contributed by atoms with Crippen molar-refractivity contribution in [2.24, 2.45) is 5.92 Å². The number of methoxy groups -OCH3 is 1. The number of allylic oxidation sites excluding steroid dienone is 2. The molecule has 7 nitrogen and oxygen atoms in total. The minimum atomic E-state index is -0.846. The molecule has 128 valence electrons. The molecule has 1 aliphatic carbocycles. The van der Waals surface area contributed by atoms with Gasteiger partial charge in [0.1, 0.15) is 6.61 Å². The van der Waals surface area contributed by atoms with Gasteiger partial charge in [0.25, 0.3) is 0 Å². The van der Waals surface area contributed by atoms with Crippen molar-refractivity contribution in [3.63, 3.8) is 0 Å². The molecular weight excluding hydrogens is 312 g/mol. The summed E-state index contributed by atoms with van der Waals surface area (Å²) in [7, 11) is 1.58. The lowest BCUT2D eigenvalue weighted by Crippen LogP contribution is -2.55. The van der Waals surface area contributed by atoms with Gasteiger partial charge >= 0.3 is 5.97 Å². The predicted molar refractivity (Wildman–Crippen MR) is 82.7 cm³/mol. The van der Waals surface area contributed by atoms with Gasteiger partial charge in [0.15, 0.2) is 11.5 Å². The van der Waals surface area contributed by atoms with E-state index in [9.17, 15) is 14.4 Å². The summed E-state index contributed by atoms with van der Waals surface area (Å²) in [4.78, 5) is 39.0. The highest BCUT2D eigenvalue weighted by Gasteiger charge is 2.72. The van der Waals surface area contributed by atoms with Gasteiger partial charge in [0, 0.05) is 43.3 Å². The van der Waals surface area contributed by atoms with E-state index in [1.54, 1.807) is 21.0 Å². The van der Waals surface area contributed by atoms with E-state index < -0.39 is 17.6 Å². The number of piperazine rings is 1. The largest absolute Gasteiger partial charge is 0.465 e. The van der Waals surface area contributed by atoms with Crippen molar-refractivity contribution in [3.05, 3.63) is 22.4 Å². The second-order valence-electron chi connectivity index (χ2n) is 6.84. The fraction of sp³-hybridized carbons (Fsp3) is 0.588. The first-order valence-corrected chi connectivity index (χ1v) is 8.07. The number of hydrogen-bond acceptors (Lipinski definition) is 7. The van der Waals surface area contributed by atoms with E-state index in [1.807, 2.05) is 4.90 Å². The Balaban J connectivity index is 1.85. The van der Waals surface area contributed by atoms with Crippen LogP contribution in [-0.2, 0) is 23.9 Å². The maximum Gasteiger partial charge on any atom is 0.302 e. The molecule has 0 aromatic heterocycles. The molecule has 4 rings (SSSR count). The Kier molecular flexibility index (Phi) is 3.08. The highest BCUT2D eigenvalue weighted by Crippen LogP contribution is 2.55. The van der Waals surface area contributed by atoms with E-state index >= 15 is 0 Å². The molecule has 0 radical (unpaired) electrons. The lowest BCUT2D eigenvalue weighted by Gasteiger charge is -2.39. The molecule has 2 saturated heterocycles. The molecule has 3 aliphatic heterocycles. The van der Waals surface area contributed by atoms with E-state index in [0.29, 0.717) is 29.0 Å². The molecule has 1 N–H and O–H groups in total. The molecule has 0 saturated carbocycles. The molecule has 24 heavy (non-hydrogen) atoms. The highest BCUT2D eigenvalue weighted by atomic mass is 16.5. The molecule has 4 atom stereocenters. The maximum atomic E-state index is 12.9. The number of esters is 1. The molecule has 0 aromatic rings. The lowest BCUT2D eigenvalue weighted by atomic mass is 9.81. The third kappa shape index (κ3) is 1.66. The topological polar surface area (TPSA) is 94.8 Å². The summed E-state index contributed by atoms with van der Waals surface area (Å²) in [6.45, 7) is 5.32. The minimum Gasteiger partial charge on any atom is -0.465 e. The van der Waals surface area contributed by atoms with Crippen LogP contribution in [0.2, 0.25) is 0 Å². The average Bonchev–Trinajstić information content (AvgIpc) is 3.16. The van der Waals surface area contributed by atoms with Crippen LogP contribution in [0.5, 0.6) is 0 Å². The molecule has 7 heteroatoms. The first-order valence-electron chi connectivity index (χ1n) is 8.07. The third-order valence-corrected chi connectivity index (χ3v) is 5.79. The second kappa shape index (κ2) is 4.77. The zero-order valence-corrected chi connectivity index (χ0v) is 14.1. The number of ketones is 2. The van der Waals surface area contributed by atoms with Crippen LogP contribution in [0.4, 0.5) is 0 Å². The van der Waals surface area contributed by atoms with Crippen molar-refractivity contribution in [2.45, 2.75) is 38.6 Å². The first-order chi connectivity index (χ1) is 11.3. The summed E-state index contributed by atoms with van der Waals surface area (Å²) in [5.41, 5.74) is 0.945. The quantitative estimate of drug-likeness (QED) is 0.439. The van der Waals surface area contributed by atoms with Gasteiger partial charge in [-0.25, -0.2) is 0 Å². The van der Waals surface area contributed by atoms with E-state index in [-0.39, 0.29) is 30.3 Å². The molecule has 4 aliphatic rings. The van der Waals surface area contributed by atoms with Gasteiger partial charge in [-0.05, 0) is 13.8 Å². The molecule has 0 bridgehead atoms. The Hall–Kier alpha value is -1.99. The van der Waals surface area contributed by atoms with Crippen molar-refractivity contribution in [2.75, 3.05) is 20.3 Å². The number of ether oxygens (including phenoxy) is 2. The highest BCUT2D eigenvalue weighted by molar-refractivity contribution is 6.25. The third-order valence-electron chi connectivity index (χ3n) is 5.79. The van der Waals surface area contributed by atoms with Gasteiger partial charge in [-0.3, -0.25) is 14.4 Å². The fourth-order valence-corrected chi connectivity index (χ4v) is 4.45. The van der Waals surface area contributed by atoms with Crippen LogP contribution in [0, 0.1) is 5.92 Å². The zero-order chi connectivity index (χ0) is 17.4. The number of carbonyl (C=O) groups excluding carboxylic acids is 3. The van der Waals surface area contributed by atoms with E-state index in [0.717, 1.165) is 0 Å². The lowest BCUT2D eigenvalue weighted by molar-refractivity contribution is -0.156. The van der Waals surface area contributed by atoms with Gasteiger partial charge in [-0.2, -0.15) is 0 Å². The average molecular weight is 332 g/mol. The van der Waals surface area contributed by atoms with Gasteiger partial charge < -0.3 is 19.7 Å². The number of rotatable bonds is 3. The first kappa shape index (κ1) is 15.5. The molecule has 0 amide bonds. The van der Waals surface area contributed by atoms with Crippen LogP contribution in [0.15, 0.2) is 22.4 Å². The van der Waals surface area contributed by atoms with Crippen LogP contribution >= 0.6 is 0 Å². The molecule has 0 spiro atoms. The van der Waals surface area contributed by atoms with Crippen LogP contribution in [-0.4, -0.2) is 60.5 Å². The number of fused-ring (bicyclic) bond motifs is 4. The summed E-state index contributed by atoms with van der Waals surface area (Å²) in [6.07, 6.45) is 0. The summed E-state index contributed by atoms with van der Waals surface area (Å²) in [6, 6.07) is 0.254. The molecular formula is C17H20N2O5. The monoisotopic (exact) mass is 332 g/mol. The summed E-state index contributed by atoms with van der Waals surface area (Å²) in [5.74, 6) is -1.18. The normalized spacial score (nSPS) is 36.8. The van der Waals surface area contributed by atoms with Crippen LogP contribution in [0.1, 0.15) is 20.8 Å². The Morgan fingerprint density at radius 3 is 2.58 bits per heavy atom. The van der Waals surface area contributed by atoms with Crippen molar-refractivity contribution < 1.29 is 23.9 Å². The molecule has 0 aromatic carbocycles. The summed E-state index contributed by atoms with van der Waals surface area (Å²) in [5, 5.41) is 3.34. The number of nitrogens with one attached hydrogen (secondary N) is 1. The maximum absolute atomic E-state index is 12.9. The molecule has 2 fully saturated rings. The SMILES string of the molecule is CO[C@@]12[C@H](COC(C)=O)C3=C(C(=O)C(C)=C(C)C3=O)N1C[C@@H]1N[C@@H]12.